The van der Waals surface area contributed by atoms with Gasteiger partial charge in [-0.3, -0.25) is 14.9 Å². The number of nitrogens with two attached hydrogens (primary N) is 1. The van der Waals surface area contributed by atoms with Gasteiger partial charge in [0.05, 0.1) is 5.69 Å². The third-order valence-corrected chi connectivity index (χ3v) is 5.26. The molecular formula is C18H17N3O3S2. The van der Waals surface area contributed by atoms with Gasteiger partial charge in [-0.05, 0) is 44.2 Å². The third kappa shape index (κ3) is 4.27. The maximum absolute atomic E-state index is 12.4. The monoisotopic (exact) mass is 387 g/mol. The number of ether oxygens (including phenoxy) is 1. The van der Waals surface area contributed by atoms with Gasteiger partial charge >= 0.3 is 0 Å². The van der Waals surface area contributed by atoms with Crippen molar-refractivity contribution in [2.24, 2.45) is 5.73 Å². The smallest absolute Gasteiger partial charge is 0.257 e. The number of aromatic nitrogens is 1. The van der Waals surface area contributed by atoms with Crippen molar-refractivity contribution in [2.45, 2.75) is 13.8 Å². The van der Waals surface area contributed by atoms with Gasteiger partial charge in [-0.1, -0.05) is 0 Å². The molecule has 1 aromatic carbocycles. The second kappa shape index (κ2) is 7.67. The molecule has 3 N–H and O–H groups in total. The number of hydrogen-bond donors (Lipinski definition) is 2. The second-order valence-corrected chi connectivity index (χ2v) is 7.92. The lowest BCUT2D eigenvalue weighted by molar-refractivity contribution is -0.119. The number of carbonyl (C=O) groups excluding carboxylic acids is 2. The Morgan fingerprint density at radius 1 is 1.23 bits per heavy atom. The molecule has 0 atom stereocenters. The maximum Gasteiger partial charge on any atom is 0.257 e. The number of nitrogens with zero attached hydrogens (tertiary/aromatic N) is 1. The number of nitrogens with one attached hydrogen (secondary N) is 1. The summed E-state index contributed by atoms with van der Waals surface area (Å²) in [5, 5.41) is 5.28. The zero-order valence-corrected chi connectivity index (χ0v) is 15.9. The Hall–Kier alpha value is -2.71. The Morgan fingerprint density at radius 3 is 2.58 bits per heavy atom. The lowest BCUT2D eigenvalue weighted by Crippen LogP contribution is -2.20. The summed E-state index contributed by atoms with van der Waals surface area (Å²) in [6.45, 7) is 3.93. The van der Waals surface area contributed by atoms with Crippen molar-refractivity contribution < 1.29 is 14.3 Å². The van der Waals surface area contributed by atoms with Gasteiger partial charge in [0, 0.05) is 26.3 Å². The fourth-order valence-electron chi connectivity index (χ4n) is 2.37. The average Bonchev–Trinajstić information content (AvgIpc) is 3.19. The van der Waals surface area contributed by atoms with E-state index < -0.39 is 5.91 Å². The minimum Gasteiger partial charge on any atom is -0.484 e. The van der Waals surface area contributed by atoms with Crippen molar-refractivity contribution >= 4 is 39.6 Å². The molecular weight excluding hydrogens is 370 g/mol. The van der Waals surface area contributed by atoms with Crippen LogP contribution in [0.25, 0.3) is 11.3 Å². The van der Waals surface area contributed by atoms with Crippen LogP contribution in [0.5, 0.6) is 5.75 Å². The molecule has 0 unspecified atom stereocenters. The van der Waals surface area contributed by atoms with E-state index in [1.54, 1.807) is 35.6 Å². The van der Waals surface area contributed by atoms with E-state index in [0.29, 0.717) is 16.4 Å². The first-order chi connectivity index (χ1) is 12.4. The highest BCUT2D eigenvalue weighted by Gasteiger charge is 2.13. The molecule has 2 aromatic heterocycles. The molecule has 0 aliphatic rings. The Morgan fingerprint density at radius 2 is 1.96 bits per heavy atom. The van der Waals surface area contributed by atoms with Gasteiger partial charge in [0.2, 0.25) is 0 Å². The molecule has 3 rings (SSSR count). The van der Waals surface area contributed by atoms with E-state index in [1.165, 1.54) is 21.1 Å². The molecule has 2 heterocycles. The summed E-state index contributed by atoms with van der Waals surface area (Å²) in [5.41, 5.74) is 7.45. The molecule has 26 heavy (non-hydrogen) atoms. The van der Waals surface area contributed by atoms with Gasteiger partial charge in [-0.15, -0.1) is 22.7 Å². The zero-order chi connectivity index (χ0) is 18.7. The summed E-state index contributed by atoms with van der Waals surface area (Å²) < 4.78 is 5.17. The Kier molecular flexibility index (Phi) is 5.34. The number of anilines is 1. The van der Waals surface area contributed by atoms with E-state index in [2.05, 4.69) is 30.2 Å². The number of hydrogen-bond acceptors (Lipinski definition) is 6. The quantitative estimate of drug-likeness (QED) is 0.676. The van der Waals surface area contributed by atoms with Gasteiger partial charge in [0.15, 0.2) is 11.7 Å². The number of carbonyl (C=O) groups is 2. The molecule has 3 aromatic rings. The van der Waals surface area contributed by atoms with E-state index in [1.807, 2.05) is 5.38 Å². The summed E-state index contributed by atoms with van der Waals surface area (Å²) in [7, 11) is 0. The summed E-state index contributed by atoms with van der Waals surface area (Å²) in [6.07, 6.45) is 0. The normalized spacial score (nSPS) is 10.5. The van der Waals surface area contributed by atoms with Crippen molar-refractivity contribution in [1.29, 1.82) is 0 Å². The number of primary amides is 1. The van der Waals surface area contributed by atoms with Crippen molar-refractivity contribution in [3.05, 3.63) is 51.0 Å². The summed E-state index contributed by atoms with van der Waals surface area (Å²) in [6, 6.07) is 8.57. The highest BCUT2D eigenvalue weighted by molar-refractivity contribution is 7.14. The first kappa shape index (κ1) is 18.1. The average molecular weight is 387 g/mol. The maximum atomic E-state index is 12.4. The van der Waals surface area contributed by atoms with Crippen LogP contribution in [0, 0.1) is 13.8 Å². The second-order valence-electron chi connectivity index (χ2n) is 5.60. The van der Waals surface area contributed by atoms with E-state index in [0.717, 1.165) is 11.3 Å². The molecule has 0 aliphatic heterocycles. The Balaban J connectivity index is 1.66. The number of aryl methyl sites for hydroxylation is 2. The topological polar surface area (TPSA) is 94.3 Å². The molecule has 8 heteroatoms. The van der Waals surface area contributed by atoms with Crippen molar-refractivity contribution in [2.75, 3.05) is 11.9 Å². The molecule has 0 fully saturated rings. The highest BCUT2D eigenvalue weighted by atomic mass is 32.1. The van der Waals surface area contributed by atoms with Gasteiger partial charge in [0.1, 0.15) is 5.75 Å². The molecule has 0 saturated carbocycles. The van der Waals surface area contributed by atoms with Gasteiger partial charge < -0.3 is 10.5 Å². The summed E-state index contributed by atoms with van der Waals surface area (Å²) in [4.78, 5) is 30.0. The first-order valence-corrected chi connectivity index (χ1v) is 9.47. The van der Waals surface area contributed by atoms with Crippen molar-refractivity contribution in [1.82, 2.24) is 4.98 Å². The molecule has 0 aliphatic carbocycles. The first-order valence-electron chi connectivity index (χ1n) is 7.78. The fraction of sp³-hybridized carbons (Fsp3) is 0.167. The number of amides is 2. The molecule has 0 bridgehead atoms. The van der Waals surface area contributed by atoms with Gasteiger partial charge in [0.25, 0.3) is 11.8 Å². The summed E-state index contributed by atoms with van der Waals surface area (Å²) in [5.74, 6) is -0.340. The fourth-order valence-corrected chi connectivity index (χ4v) is 4.01. The minimum atomic E-state index is -0.553. The lowest BCUT2D eigenvalue weighted by atomic mass is 10.2. The predicted octanol–water partition coefficient (Wildman–Crippen LogP) is 3.60. The highest BCUT2D eigenvalue weighted by Crippen LogP contribution is 2.32. The van der Waals surface area contributed by atoms with E-state index in [-0.39, 0.29) is 12.5 Å². The standard InChI is InChI=1S/C18H17N3O3S2/c1-10-7-14(11(2)26-10)15-9-25-18(20-15)21-17(23)12-3-5-13(6-4-12)24-8-16(19)22/h3-7,9H,8H2,1-2H3,(H2,19,22)(H,20,21,23). The van der Waals surface area contributed by atoms with Crippen LogP contribution in [0.1, 0.15) is 20.1 Å². The number of rotatable bonds is 6. The number of thiazole rings is 1. The molecule has 0 spiro atoms. The van der Waals surface area contributed by atoms with E-state index in [4.69, 9.17) is 10.5 Å². The lowest BCUT2D eigenvalue weighted by Gasteiger charge is -2.05. The molecule has 134 valence electrons. The van der Waals surface area contributed by atoms with Crippen LogP contribution in [0.2, 0.25) is 0 Å². The van der Waals surface area contributed by atoms with Crippen LogP contribution in [0.3, 0.4) is 0 Å². The number of benzene rings is 1. The van der Waals surface area contributed by atoms with Gasteiger partial charge in [-0.2, -0.15) is 0 Å². The van der Waals surface area contributed by atoms with Crippen LogP contribution >= 0.6 is 22.7 Å². The van der Waals surface area contributed by atoms with Crippen LogP contribution in [0.4, 0.5) is 5.13 Å². The molecule has 0 saturated heterocycles. The van der Waals surface area contributed by atoms with Crippen LogP contribution < -0.4 is 15.8 Å². The third-order valence-electron chi connectivity index (χ3n) is 3.54. The van der Waals surface area contributed by atoms with Crippen molar-refractivity contribution in [3.63, 3.8) is 0 Å². The van der Waals surface area contributed by atoms with Gasteiger partial charge in [-0.25, -0.2) is 4.98 Å². The molecule has 2 amide bonds. The molecule has 6 nitrogen and oxygen atoms in total. The SMILES string of the molecule is Cc1cc(-c2csc(NC(=O)c3ccc(OCC(N)=O)cc3)n2)c(C)s1. The van der Waals surface area contributed by atoms with E-state index in [9.17, 15) is 9.59 Å². The minimum absolute atomic E-state index is 0.199. The zero-order valence-electron chi connectivity index (χ0n) is 14.2. The molecule has 0 radical (unpaired) electrons. The predicted molar refractivity (Wildman–Crippen MR) is 104 cm³/mol. The Bertz CT molecular complexity index is 945. The Labute approximate surface area is 158 Å². The largest absolute Gasteiger partial charge is 0.484 e. The van der Waals surface area contributed by atoms with Crippen LogP contribution in [-0.4, -0.2) is 23.4 Å². The summed E-state index contributed by atoms with van der Waals surface area (Å²) >= 11 is 3.11. The van der Waals surface area contributed by atoms with Crippen LogP contribution in [0.15, 0.2) is 35.7 Å². The number of thiophene rings is 1. The van der Waals surface area contributed by atoms with E-state index >= 15 is 0 Å². The van der Waals surface area contributed by atoms with Crippen molar-refractivity contribution in [3.8, 4) is 17.0 Å². The van der Waals surface area contributed by atoms with Crippen LogP contribution in [-0.2, 0) is 4.79 Å².